The first kappa shape index (κ1) is 19.8. The summed E-state index contributed by atoms with van der Waals surface area (Å²) in [5.41, 5.74) is 1.81. The van der Waals surface area contributed by atoms with Crippen LogP contribution in [0, 0.1) is 10.1 Å². The van der Waals surface area contributed by atoms with Crippen LogP contribution in [0.2, 0.25) is 0 Å². The molecule has 1 aromatic heterocycles. The first-order valence-electron chi connectivity index (χ1n) is 9.38. The molecular formula is C23H18N4O4. The van der Waals surface area contributed by atoms with Crippen LogP contribution in [0.3, 0.4) is 0 Å². The van der Waals surface area contributed by atoms with Gasteiger partial charge in [-0.15, -0.1) is 0 Å². The largest absolute Gasteiger partial charge is 0.496 e. The van der Waals surface area contributed by atoms with Crippen molar-refractivity contribution in [2.24, 2.45) is 0 Å². The van der Waals surface area contributed by atoms with E-state index < -0.39 is 4.92 Å². The van der Waals surface area contributed by atoms with Crippen LogP contribution in [0.15, 0.2) is 85.2 Å². The van der Waals surface area contributed by atoms with Gasteiger partial charge in [-0.05, 0) is 36.4 Å². The van der Waals surface area contributed by atoms with E-state index in [1.54, 1.807) is 49.6 Å². The van der Waals surface area contributed by atoms with Crippen molar-refractivity contribution in [1.29, 1.82) is 0 Å². The molecule has 0 fully saturated rings. The van der Waals surface area contributed by atoms with Gasteiger partial charge in [0.2, 0.25) is 5.75 Å². The van der Waals surface area contributed by atoms with Crippen molar-refractivity contribution in [2.45, 2.75) is 0 Å². The highest BCUT2D eigenvalue weighted by Crippen LogP contribution is 2.35. The molecule has 0 amide bonds. The zero-order valence-corrected chi connectivity index (χ0v) is 16.6. The number of hydrogen-bond donors (Lipinski definition) is 1. The van der Waals surface area contributed by atoms with Gasteiger partial charge in [-0.1, -0.05) is 30.3 Å². The van der Waals surface area contributed by atoms with Crippen LogP contribution in [0.5, 0.6) is 17.2 Å². The number of anilines is 2. The lowest BCUT2D eigenvalue weighted by molar-refractivity contribution is -0.385. The standard InChI is InChI=1S/C23H18N4O4/c1-30-21-10-6-5-9-18(21)19-14-23(25-15-24-19)26-16-11-12-22(20(13-16)27(28)29)31-17-7-3-2-4-8-17/h2-15H,1H3,(H,24,25,26). The van der Waals surface area contributed by atoms with E-state index in [4.69, 9.17) is 9.47 Å². The fraction of sp³-hybridized carbons (Fsp3) is 0.0435. The third-order valence-corrected chi connectivity index (χ3v) is 4.45. The van der Waals surface area contributed by atoms with Gasteiger partial charge in [-0.3, -0.25) is 10.1 Å². The maximum absolute atomic E-state index is 11.6. The van der Waals surface area contributed by atoms with E-state index in [2.05, 4.69) is 15.3 Å². The Balaban J connectivity index is 1.61. The third kappa shape index (κ3) is 4.59. The minimum atomic E-state index is -0.482. The molecule has 4 rings (SSSR count). The Hall–Kier alpha value is -4.46. The average Bonchev–Trinajstić information content (AvgIpc) is 2.81. The number of nitro benzene ring substituents is 1. The minimum Gasteiger partial charge on any atom is -0.496 e. The highest BCUT2D eigenvalue weighted by atomic mass is 16.6. The van der Waals surface area contributed by atoms with Gasteiger partial charge in [0.05, 0.1) is 17.7 Å². The topological polar surface area (TPSA) is 99.4 Å². The van der Waals surface area contributed by atoms with Gasteiger partial charge in [0.1, 0.15) is 23.6 Å². The fourth-order valence-electron chi connectivity index (χ4n) is 3.02. The molecule has 0 spiro atoms. The number of nitro groups is 1. The van der Waals surface area contributed by atoms with Crippen LogP contribution in [-0.2, 0) is 0 Å². The summed E-state index contributed by atoms with van der Waals surface area (Å²) in [5, 5.41) is 14.7. The van der Waals surface area contributed by atoms with Crippen LogP contribution < -0.4 is 14.8 Å². The van der Waals surface area contributed by atoms with Crippen molar-refractivity contribution in [3.63, 3.8) is 0 Å². The molecule has 154 valence electrons. The predicted molar refractivity (Wildman–Crippen MR) is 117 cm³/mol. The molecule has 0 aliphatic heterocycles. The number of para-hydroxylation sites is 2. The Labute approximate surface area is 178 Å². The number of benzene rings is 3. The van der Waals surface area contributed by atoms with E-state index in [0.29, 0.717) is 28.7 Å². The SMILES string of the molecule is COc1ccccc1-c1cc(Nc2ccc(Oc3ccccc3)c([N+](=O)[O-])c2)ncn1. The van der Waals surface area contributed by atoms with Crippen molar-refractivity contribution in [2.75, 3.05) is 12.4 Å². The molecule has 0 saturated heterocycles. The quantitative estimate of drug-likeness (QED) is 0.310. The third-order valence-electron chi connectivity index (χ3n) is 4.45. The Kier molecular flexibility index (Phi) is 5.70. The molecule has 1 N–H and O–H groups in total. The number of aromatic nitrogens is 2. The van der Waals surface area contributed by atoms with Gasteiger partial charge < -0.3 is 14.8 Å². The number of hydrogen-bond acceptors (Lipinski definition) is 7. The first-order chi connectivity index (χ1) is 15.1. The van der Waals surface area contributed by atoms with Crippen LogP contribution in [-0.4, -0.2) is 22.0 Å². The molecule has 0 unspecified atom stereocenters. The summed E-state index contributed by atoms with van der Waals surface area (Å²) >= 11 is 0. The molecule has 0 aliphatic rings. The number of methoxy groups -OCH3 is 1. The Morgan fingerprint density at radius 3 is 2.45 bits per heavy atom. The maximum Gasteiger partial charge on any atom is 0.313 e. The van der Waals surface area contributed by atoms with Gasteiger partial charge in [0, 0.05) is 23.4 Å². The second-order valence-corrected chi connectivity index (χ2v) is 6.47. The van der Waals surface area contributed by atoms with E-state index in [-0.39, 0.29) is 11.4 Å². The molecule has 0 aliphatic carbocycles. The summed E-state index contributed by atoms with van der Waals surface area (Å²) in [4.78, 5) is 19.6. The number of nitrogens with zero attached hydrogens (tertiary/aromatic N) is 3. The highest BCUT2D eigenvalue weighted by Gasteiger charge is 2.17. The Bertz CT molecular complexity index is 1220. The summed E-state index contributed by atoms with van der Waals surface area (Å²) in [5.74, 6) is 1.84. The summed E-state index contributed by atoms with van der Waals surface area (Å²) in [7, 11) is 1.59. The van der Waals surface area contributed by atoms with Crippen molar-refractivity contribution < 1.29 is 14.4 Å². The number of rotatable bonds is 7. The molecule has 0 radical (unpaired) electrons. The molecule has 0 saturated carbocycles. The zero-order valence-electron chi connectivity index (χ0n) is 16.6. The molecular weight excluding hydrogens is 396 g/mol. The Morgan fingerprint density at radius 1 is 0.903 bits per heavy atom. The molecule has 4 aromatic rings. The second kappa shape index (κ2) is 8.91. The molecule has 8 nitrogen and oxygen atoms in total. The smallest absolute Gasteiger partial charge is 0.313 e. The first-order valence-corrected chi connectivity index (χ1v) is 9.38. The average molecular weight is 414 g/mol. The maximum atomic E-state index is 11.6. The molecule has 8 heteroatoms. The van der Waals surface area contributed by atoms with E-state index >= 15 is 0 Å². The lowest BCUT2D eigenvalue weighted by atomic mass is 10.1. The van der Waals surface area contributed by atoms with Crippen molar-refractivity contribution in [1.82, 2.24) is 9.97 Å². The number of ether oxygens (including phenoxy) is 2. The molecule has 0 atom stereocenters. The minimum absolute atomic E-state index is 0.152. The molecule has 3 aromatic carbocycles. The van der Waals surface area contributed by atoms with Crippen molar-refractivity contribution in [3.05, 3.63) is 95.3 Å². The summed E-state index contributed by atoms with van der Waals surface area (Å²) in [6.45, 7) is 0. The summed E-state index contributed by atoms with van der Waals surface area (Å²) < 4.78 is 11.1. The van der Waals surface area contributed by atoms with Crippen LogP contribution in [0.25, 0.3) is 11.3 Å². The fourth-order valence-corrected chi connectivity index (χ4v) is 3.02. The zero-order chi connectivity index (χ0) is 21.6. The monoisotopic (exact) mass is 414 g/mol. The number of nitrogens with one attached hydrogen (secondary N) is 1. The van der Waals surface area contributed by atoms with Crippen LogP contribution in [0.4, 0.5) is 17.2 Å². The predicted octanol–water partition coefficient (Wildman–Crippen LogP) is 5.60. The summed E-state index contributed by atoms with van der Waals surface area (Å²) in [6, 6.07) is 22.8. The Morgan fingerprint density at radius 2 is 1.68 bits per heavy atom. The van der Waals surface area contributed by atoms with Crippen LogP contribution in [0.1, 0.15) is 0 Å². The highest BCUT2D eigenvalue weighted by molar-refractivity contribution is 5.71. The summed E-state index contributed by atoms with van der Waals surface area (Å²) in [6.07, 6.45) is 1.42. The molecule has 0 bridgehead atoms. The lowest BCUT2D eigenvalue weighted by Crippen LogP contribution is -1.99. The van der Waals surface area contributed by atoms with Crippen molar-refractivity contribution in [3.8, 4) is 28.5 Å². The van der Waals surface area contributed by atoms with Gasteiger partial charge in [0.25, 0.3) is 0 Å². The van der Waals surface area contributed by atoms with E-state index in [1.807, 2.05) is 30.3 Å². The van der Waals surface area contributed by atoms with Crippen molar-refractivity contribution >= 4 is 17.2 Å². The van der Waals surface area contributed by atoms with E-state index in [9.17, 15) is 10.1 Å². The lowest BCUT2D eigenvalue weighted by Gasteiger charge is -2.11. The van der Waals surface area contributed by atoms with E-state index in [1.165, 1.54) is 12.4 Å². The second-order valence-electron chi connectivity index (χ2n) is 6.47. The van der Waals surface area contributed by atoms with E-state index in [0.717, 1.165) is 5.56 Å². The van der Waals surface area contributed by atoms with Gasteiger partial charge >= 0.3 is 5.69 Å². The van der Waals surface area contributed by atoms with Gasteiger partial charge in [-0.25, -0.2) is 9.97 Å². The van der Waals surface area contributed by atoms with Crippen LogP contribution >= 0.6 is 0 Å². The normalized spacial score (nSPS) is 10.4. The molecule has 31 heavy (non-hydrogen) atoms. The van der Waals surface area contributed by atoms with Gasteiger partial charge in [-0.2, -0.15) is 0 Å². The molecule has 1 heterocycles. The van der Waals surface area contributed by atoms with Gasteiger partial charge in [0.15, 0.2) is 0 Å².